The molecule has 0 aliphatic rings. The summed E-state index contributed by atoms with van der Waals surface area (Å²) in [5, 5.41) is 11.4. The maximum absolute atomic E-state index is 11.5. The zero-order valence-electron chi connectivity index (χ0n) is 11.1. The van der Waals surface area contributed by atoms with Gasteiger partial charge in [-0.1, -0.05) is 17.7 Å². The van der Waals surface area contributed by atoms with Gasteiger partial charge in [0.15, 0.2) is 0 Å². The van der Waals surface area contributed by atoms with Crippen molar-refractivity contribution in [2.75, 3.05) is 7.11 Å². The van der Waals surface area contributed by atoms with Crippen LogP contribution in [-0.2, 0) is 16.1 Å². The molecule has 5 heteroatoms. The van der Waals surface area contributed by atoms with Crippen LogP contribution in [0.15, 0.2) is 18.3 Å². The molecule has 0 amide bonds. The highest BCUT2D eigenvalue weighted by Gasteiger charge is 2.17. The smallest absolute Gasteiger partial charge is 0.325 e. The zero-order valence-corrected chi connectivity index (χ0v) is 11.9. The largest absolute Gasteiger partial charge is 0.468 e. The molecule has 2 rings (SSSR count). The summed E-state index contributed by atoms with van der Waals surface area (Å²) in [6.45, 7) is 3.69. The molecule has 102 valence electrons. The number of halogens is 1. The molecular formula is C14H16ClNO3. The Kier molecular flexibility index (Phi) is 3.83. The van der Waals surface area contributed by atoms with Crippen LogP contribution in [0.4, 0.5) is 0 Å². The fourth-order valence-electron chi connectivity index (χ4n) is 2.24. The summed E-state index contributed by atoms with van der Waals surface area (Å²) >= 11 is 6.13. The van der Waals surface area contributed by atoms with Gasteiger partial charge in [-0.25, -0.2) is 0 Å². The average Bonchev–Trinajstić information content (AvgIpc) is 2.73. The van der Waals surface area contributed by atoms with Crippen LogP contribution in [-0.4, -0.2) is 22.8 Å². The number of carbonyl (C=O) groups is 1. The summed E-state index contributed by atoms with van der Waals surface area (Å²) in [4.78, 5) is 11.5. The molecule has 1 heterocycles. The number of rotatable bonds is 3. The van der Waals surface area contributed by atoms with E-state index in [0.717, 1.165) is 22.0 Å². The molecule has 0 radical (unpaired) electrons. The molecular weight excluding hydrogens is 266 g/mol. The second kappa shape index (κ2) is 5.23. The fourth-order valence-corrected chi connectivity index (χ4v) is 2.39. The molecule has 0 bridgehead atoms. The highest BCUT2D eigenvalue weighted by atomic mass is 35.5. The Morgan fingerprint density at radius 1 is 1.53 bits per heavy atom. The Labute approximate surface area is 116 Å². The molecule has 1 aromatic heterocycles. The van der Waals surface area contributed by atoms with Gasteiger partial charge >= 0.3 is 5.97 Å². The van der Waals surface area contributed by atoms with Crippen LogP contribution in [0.3, 0.4) is 0 Å². The first-order chi connectivity index (χ1) is 8.95. The van der Waals surface area contributed by atoms with Crippen molar-refractivity contribution in [2.45, 2.75) is 26.5 Å². The van der Waals surface area contributed by atoms with Crippen LogP contribution in [0.5, 0.6) is 0 Å². The van der Waals surface area contributed by atoms with Crippen molar-refractivity contribution >= 4 is 28.5 Å². The van der Waals surface area contributed by atoms with Crippen molar-refractivity contribution < 1.29 is 14.6 Å². The van der Waals surface area contributed by atoms with E-state index in [9.17, 15) is 9.90 Å². The second-order valence-electron chi connectivity index (χ2n) is 4.53. The number of aryl methyl sites for hydroxylation is 1. The second-order valence-corrected chi connectivity index (χ2v) is 4.94. The number of ether oxygens (including phenoxy) is 1. The number of fused-ring (bicyclic) bond motifs is 1. The van der Waals surface area contributed by atoms with Gasteiger partial charge < -0.3 is 14.4 Å². The number of hydrogen-bond acceptors (Lipinski definition) is 3. The number of aliphatic hydroxyl groups is 1. The van der Waals surface area contributed by atoms with Crippen molar-refractivity contribution in [3.8, 4) is 0 Å². The normalized spacial score (nSPS) is 12.7. The van der Waals surface area contributed by atoms with E-state index in [-0.39, 0.29) is 12.5 Å². The Balaban J connectivity index is 2.68. The Bertz CT molecular complexity index is 631. The molecule has 0 spiro atoms. The lowest BCUT2D eigenvalue weighted by Crippen LogP contribution is -2.11. The fraction of sp³-hybridized carbons (Fsp3) is 0.357. The maximum atomic E-state index is 11.5. The van der Waals surface area contributed by atoms with Crippen LogP contribution in [0, 0.1) is 6.92 Å². The highest BCUT2D eigenvalue weighted by Crippen LogP contribution is 2.32. The standard InChI is InChI=1S/C14H16ClNO3/c1-8-12(15)5-4-10-11(9(2)17)6-16(14(8)10)7-13(18)19-3/h4-6,9,17H,7H2,1-3H3. The number of aliphatic hydroxyl groups excluding tert-OH is 1. The van der Waals surface area contributed by atoms with Crippen LogP contribution >= 0.6 is 11.6 Å². The lowest BCUT2D eigenvalue weighted by molar-refractivity contribution is -0.141. The Morgan fingerprint density at radius 3 is 2.79 bits per heavy atom. The maximum Gasteiger partial charge on any atom is 0.325 e. The van der Waals surface area contributed by atoms with E-state index in [1.807, 2.05) is 13.0 Å². The third-order valence-corrected chi connectivity index (χ3v) is 3.64. The van der Waals surface area contributed by atoms with Crippen LogP contribution in [0.25, 0.3) is 10.9 Å². The average molecular weight is 282 g/mol. The van der Waals surface area contributed by atoms with E-state index in [4.69, 9.17) is 11.6 Å². The molecule has 0 aliphatic carbocycles. The van der Waals surface area contributed by atoms with E-state index in [1.165, 1.54) is 7.11 Å². The zero-order chi connectivity index (χ0) is 14.2. The lowest BCUT2D eigenvalue weighted by Gasteiger charge is -2.07. The van der Waals surface area contributed by atoms with Gasteiger partial charge in [-0.2, -0.15) is 0 Å². The first-order valence-electron chi connectivity index (χ1n) is 5.98. The van der Waals surface area contributed by atoms with Gasteiger partial charge in [0.1, 0.15) is 6.54 Å². The van der Waals surface area contributed by atoms with Crippen LogP contribution in [0.1, 0.15) is 24.2 Å². The van der Waals surface area contributed by atoms with Gasteiger partial charge in [-0.05, 0) is 25.5 Å². The number of benzene rings is 1. The summed E-state index contributed by atoms with van der Waals surface area (Å²) in [5.74, 6) is -0.339. The Hall–Kier alpha value is -1.52. The number of nitrogens with zero attached hydrogens (tertiary/aromatic N) is 1. The predicted octanol–water partition coefficient (Wildman–Crippen LogP) is 2.83. The molecule has 0 aliphatic heterocycles. The predicted molar refractivity (Wildman–Crippen MR) is 74.3 cm³/mol. The molecule has 2 aromatic rings. The Morgan fingerprint density at radius 2 is 2.21 bits per heavy atom. The molecule has 0 saturated carbocycles. The van der Waals surface area contributed by atoms with Crippen molar-refractivity contribution in [3.63, 3.8) is 0 Å². The van der Waals surface area contributed by atoms with E-state index in [1.54, 1.807) is 23.8 Å². The molecule has 1 atom stereocenters. The minimum Gasteiger partial charge on any atom is -0.468 e. The molecule has 1 unspecified atom stereocenters. The van der Waals surface area contributed by atoms with Gasteiger partial charge in [0.05, 0.1) is 18.7 Å². The first kappa shape index (κ1) is 13.9. The quantitative estimate of drug-likeness (QED) is 0.880. The third kappa shape index (κ3) is 2.46. The molecule has 19 heavy (non-hydrogen) atoms. The molecule has 0 fully saturated rings. The number of aromatic nitrogens is 1. The molecule has 1 N–H and O–H groups in total. The van der Waals surface area contributed by atoms with E-state index in [2.05, 4.69) is 4.74 Å². The van der Waals surface area contributed by atoms with E-state index in [0.29, 0.717) is 5.02 Å². The summed E-state index contributed by atoms with van der Waals surface area (Å²) < 4.78 is 6.46. The summed E-state index contributed by atoms with van der Waals surface area (Å²) in [5.41, 5.74) is 2.52. The number of esters is 1. The number of hydrogen-bond donors (Lipinski definition) is 1. The summed E-state index contributed by atoms with van der Waals surface area (Å²) in [6.07, 6.45) is 1.16. The van der Waals surface area contributed by atoms with Crippen molar-refractivity contribution in [3.05, 3.63) is 34.5 Å². The molecule has 0 saturated heterocycles. The van der Waals surface area contributed by atoms with Crippen molar-refractivity contribution in [1.82, 2.24) is 4.57 Å². The molecule has 1 aromatic carbocycles. The monoisotopic (exact) mass is 281 g/mol. The van der Waals surface area contributed by atoms with Crippen LogP contribution in [0.2, 0.25) is 5.02 Å². The topological polar surface area (TPSA) is 51.5 Å². The minimum absolute atomic E-state index is 0.0981. The van der Waals surface area contributed by atoms with Gasteiger partial charge in [0, 0.05) is 22.2 Å². The minimum atomic E-state index is -0.609. The van der Waals surface area contributed by atoms with Crippen LogP contribution < -0.4 is 0 Å². The first-order valence-corrected chi connectivity index (χ1v) is 6.36. The molecule has 4 nitrogen and oxygen atoms in total. The van der Waals surface area contributed by atoms with Crippen molar-refractivity contribution in [1.29, 1.82) is 0 Å². The lowest BCUT2D eigenvalue weighted by atomic mass is 10.1. The number of methoxy groups -OCH3 is 1. The highest BCUT2D eigenvalue weighted by molar-refractivity contribution is 6.32. The van der Waals surface area contributed by atoms with Gasteiger partial charge in [0.2, 0.25) is 0 Å². The summed E-state index contributed by atoms with van der Waals surface area (Å²) in [7, 11) is 1.35. The van der Waals surface area contributed by atoms with E-state index < -0.39 is 6.10 Å². The van der Waals surface area contributed by atoms with Gasteiger partial charge in [0.25, 0.3) is 0 Å². The third-order valence-electron chi connectivity index (χ3n) is 3.24. The van der Waals surface area contributed by atoms with Crippen molar-refractivity contribution in [2.24, 2.45) is 0 Å². The van der Waals surface area contributed by atoms with Gasteiger partial charge in [-0.15, -0.1) is 0 Å². The number of carbonyl (C=O) groups excluding carboxylic acids is 1. The van der Waals surface area contributed by atoms with E-state index >= 15 is 0 Å². The summed E-state index contributed by atoms with van der Waals surface area (Å²) in [6, 6.07) is 3.66. The van der Waals surface area contributed by atoms with Gasteiger partial charge in [-0.3, -0.25) is 4.79 Å². The SMILES string of the molecule is COC(=O)Cn1cc(C(C)O)c2ccc(Cl)c(C)c21.